The minimum atomic E-state index is 0.996. The van der Waals surface area contributed by atoms with Gasteiger partial charge in [0.15, 0.2) is 0 Å². The zero-order valence-corrected chi connectivity index (χ0v) is 7.23. The molecular formula is C8H16N2. The van der Waals surface area contributed by atoms with Crippen LogP contribution in [0.4, 0.5) is 0 Å². The fourth-order valence-corrected chi connectivity index (χ4v) is 0.647. The molecule has 0 saturated carbocycles. The van der Waals surface area contributed by atoms with E-state index in [4.69, 9.17) is 0 Å². The topological polar surface area (TPSA) is 24.4 Å². The van der Waals surface area contributed by atoms with Gasteiger partial charge in [-0.1, -0.05) is 6.92 Å². The van der Waals surface area contributed by atoms with E-state index in [9.17, 15) is 0 Å². The average molecular weight is 140 g/mol. The molecule has 0 aliphatic rings. The van der Waals surface area contributed by atoms with Gasteiger partial charge in [0.05, 0.1) is 0 Å². The highest BCUT2D eigenvalue weighted by Crippen LogP contribution is 1.91. The Kier molecular flexibility index (Phi) is 4.63. The Morgan fingerprint density at radius 1 is 1.60 bits per heavy atom. The van der Waals surface area contributed by atoms with Gasteiger partial charge in [0.1, 0.15) is 0 Å². The van der Waals surface area contributed by atoms with Crippen LogP contribution in [0.25, 0.3) is 0 Å². The fraction of sp³-hybridized carbons (Fsp3) is 0.625. The van der Waals surface area contributed by atoms with Gasteiger partial charge < -0.3 is 5.32 Å². The van der Waals surface area contributed by atoms with Gasteiger partial charge in [-0.2, -0.15) is 0 Å². The van der Waals surface area contributed by atoms with E-state index in [1.807, 2.05) is 21.0 Å². The average Bonchev–Trinajstić information content (AvgIpc) is 1.99. The molecule has 58 valence electrons. The summed E-state index contributed by atoms with van der Waals surface area (Å²) in [5.74, 6) is 0. The molecule has 0 saturated heterocycles. The molecule has 2 nitrogen and oxygen atoms in total. The van der Waals surface area contributed by atoms with Gasteiger partial charge in [0, 0.05) is 25.5 Å². The zero-order valence-electron chi connectivity index (χ0n) is 7.23. The Morgan fingerprint density at radius 2 is 2.20 bits per heavy atom. The zero-order chi connectivity index (χ0) is 7.98. The van der Waals surface area contributed by atoms with Crippen molar-refractivity contribution in [3.8, 4) is 0 Å². The van der Waals surface area contributed by atoms with E-state index in [0.717, 1.165) is 17.8 Å². The van der Waals surface area contributed by atoms with Crippen molar-refractivity contribution in [3.05, 3.63) is 11.8 Å². The number of nitrogens with zero attached hydrogens (tertiary/aromatic N) is 1. The smallest absolute Gasteiger partial charge is 0.0359 e. The minimum absolute atomic E-state index is 0.996. The summed E-state index contributed by atoms with van der Waals surface area (Å²) in [7, 11) is 3.73. The van der Waals surface area contributed by atoms with Crippen molar-refractivity contribution in [1.29, 1.82) is 0 Å². The van der Waals surface area contributed by atoms with E-state index in [-0.39, 0.29) is 0 Å². The van der Waals surface area contributed by atoms with E-state index < -0.39 is 0 Å². The first-order valence-corrected chi connectivity index (χ1v) is 3.56. The van der Waals surface area contributed by atoms with Crippen molar-refractivity contribution in [2.75, 3.05) is 14.1 Å². The SMILES string of the molecule is CCC(C=C(C)NC)=NC. The quantitative estimate of drug-likeness (QED) is 0.591. The van der Waals surface area contributed by atoms with Crippen LogP contribution in [0.2, 0.25) is 0 Å². The first-order chi connectivity index (χ1) is 4.74. The molecule has 2 heteroatoms. The lowest BCUT2D eigenvalue weighted by atomic mass is 10.2. The third kappa shape index (κ3) is 3.28. The van der Waals surface area contributed by atoms with Gasteiger partial charge >= 0.3 is 0 Å². The summed E-state index contributed by atoms with van der Waals surface area (Å²) in [6.45, 7) is 4.13. The van der Waals surface area contributed by atoms with Crippen LogP contribution in [0.1, 0.15) is 20.3 Å². The maximum absolute atomic E-state index is 4.09. The minimum Gasteiger partial charge on any atom is -0.392 e. The summed E-state index contributed by atoms with van der Waals surface area (Å²) in [6.07, 6.45) is 3.05. The van der Waals surface area contributed by atoms with Crippen LogP contribution < -0.4 is 5.32 Å². The van der Waals surface area contributed by atoms with E-state index in [1.54, 1.807) is 0 Å². The Bertz CT molecular complexity index is 145. The number of hydrogen-bond donors (Lipinski definition) is 1. The van der Waals surface area contributed by atoms with E-state index in [2.05, 4.69) is 23.3 Å². The summed E-state index contributed by atoms with van der Waals surface area (Å²) >= 11 is 0. The molecule has 1 N–H and O–H groups in total. The molecule has 0 rings (SSSR count). The summed E-state index contributed by atoms with van der Waals surface area (Å²) in [4.78, 5) is 4.09. The molecule has 0 atom stereocenters. The molecule has 0 aromatic rings. The normalized spacial score (nSPS) is 13.6. The number of nitrogens with one attached hydrogen (secondary N) is 1. The second-order valence-corrected chi connectivity index (χ2v) is 2.15. The van der Waals surface area contributed by atoms with Crippen molar-refractivity contribution in [3.63, 3.8) is 0 Å². The van der Waals surface area contributed by atoms with Crippen molar-refractivity contribution in [2.24, 2.45) is 4.99 Å². The van der Waals surface area contributed by atoms with E-state index in [0.29, 0.717) is 0 Å². The van der Waals surface area contributed by atoms with Crippen LogP contribution in [-0.4, -0.2) is 19.8 Å². The van der Waals surface area contributed by atoms with Gasteiger partial charge in [0.2, 0.25) is 0 Å². The molecular weight excluding hydrogens is 124 g/mol. The third-order valence-corrected chi connectivity index (χ3v) is 1.43. The van der Waals surface area contributed by atoms with Crippen molar-refractivity contribution in [1.82, 2.24) is 5.32 Å². The largest absolute Gasteiger partial charge is 0.392 e. The lowest BCUT2D eigenvalue weighted by Crippen LogP contribution is -2.04. The molecule has 0 fully saturated rings. The predicted octanol–water partition coefficient (Wildman–Crippen LogP) is 1.59. The number of aliphatic imine (C=N–C) groups is 1. The first-order valence-electron chi connectivity index (χ1n) is 3.56. The molecule has 0 bridgehead atoms. The standard InChI is InChI=1S/C8H16N2/c1-5-8(10-4)6-7(2)9-3/h6,9H,5H2,1-4H3. The van der Waals surface area contributed by atoms with Gasteiger partial charge in [-0.3, -0.25) is 4.99 Å². The van der Waals surface area contributed by atoms with E-state index >= 15 is 0 Å². The third-order valence-electron chi connectivity index (χ3n) is 1.43. The molecule has 0 aliphatic carbocycles. The Balaban J connectivity index is 4.08. The van der Waals surface area contributed by atoms with Crippen LogP contribution >= 0.6 is 0 Å². The highest BCUT2D eigenvalue weighted by molar-refractivity contribution is 5.95. The summed E-state index contributed by atoms with van der Waals surface area (Å²) < 4.78 is 0. The molecule has 10 heavy (non-hydrogen) atoms. The molecule has 0 spiro atoms. The molecule has 0 unspecified atom stereocenters. The molecule has 0 radical (unpaired) electrons. The van der Waals surface area contributed by atoms with Crippen molar-refractivity contribution >= 4 is 5.71 Å². The van der Waals surface area contributed by atoms with Crippen molar-refractivity contribution in [2.45, 2.75) is 20.3 Å². The predicted molar refractivity (Wildman–Crippen MR) is 46.5 cm³/mol. The maximum Gasteiger partial charge on any atom is 0.0359 e. The number of hydrogen-bond acceptors (Lipinski definition) is 2. The van der Waals surface area contributed by atoms with Crippen LogP contribution in [0.3, 0.4) is 0 Å². The molecule has 0 aliphatic heterocycles. The summed E-state index contributed by atoms with van der Waals surface area (Å²) in [5, 5.41) is 3.04. The van der Waals surface area contributed by atoms with Crippen LogP contribution in [-0.2, 0) is 0 Å². The second kappa shape index (κ2) is 5.03. The van der Waals surface area contributed by atoms with Gasteiger partial charge in [-0.05, 0) is 19.4 Å². The highest BCUT2D eigenvalue weighted by Gasteiger charge is 1.88. The van der Waals surface area contributed by atoms with Crippen LogP contribution in [0.5, 0.6) is 0 Å². The Hall–Kier alpha value is -0.790. The Morgan fingerprint density at radius 3 is 2.50 bits per heavy atom. The summed E-state index contributed by atoms with van der Waals surface area (Å²) in [6, 6.07) is 0. The molecule has 0 heterocycles. The molecule has 0 amide bonds. The Labute approximate surface area is 63.0 Å². The van der Waals surface area contributed by atoms with Gasteiger partial charge in [0.25, 0.3) is 0 Å². The second-order valence-electron chi connectivity index (χ2n) is 2.15. The fourth-order valence-electron chi connectivity index (χ4n) is 0.647. The van der Waals surface area contributed by atoms with Crippen molar-refractivity contribution < 1.29 is 0 Å². The van der Waals surface area contributed by atoms with Gasteiger partial charge in [-0.15, -0.1) is 0 Å². The van der Waals surface area contributed by atoms with Crippen LogP contribution in [0.15, 0.2) is 16.8 Å². The lowest BCUT2D eigenvalue weighted by Gasteiger charge is -1.99. The van der Waals surface area contributed by atoms with Gasteiger partial charge in [-0.25, -0.2) is 0 Å². The maximum atomic E-state index is 4.09. The number of allylic oxidation sites excluding steroid dienone is 2. The monoisotopic (exact) mass is 140 g/mol. The van der Waals surface area contributed by atoms with E-state index in [1.165, 1.54) is 0 Å². The molecule has 0 aromatic heterocycles. The molecule has 0 aromatic carbocycles. The lowest BCUT2D eigenvalue weighted by molar-refractivity contribution is 0.990. The number of rotatable bonds is 3. The first kappa shape index (κ1) is 9.21. The van der Waals surface area contributed by atoms with Crippen LogP contribution in [0, 0.1) is 0 Å². The summed E-state index contributed by atoms with van der Waals surface area (Å²) in [5.41, 5.74) is 2.29. The highest BCUT2D eigenvalue weighted by atomic mass is 14.8.